The van der Waals surface area contributed by atoms with Crippen molar-refractivity contribution < 1.29 is 4.79 Å². The quantitative estimate of drug-likeness (QED) is 0.781. The number of aromatic amines is 1. The molecule has 1 unspecified atom stereocenters. The second-order valence-corrected chi connectivity index (χ2v) is 6.73. The van der Waals surface area contributed by atoms with Crippen LogP contribution >= 0.6 is 0 Å². The van der Waals surface area contributed by atoms with Crippen LogP contribution in [0.25, 0.3) is 5.65 Å². The molecular formula is C17H21N5O. The van der Waals surface area contributed by atoms with Crippen LogP contribution in [-0.2, 0) is 5.41 Å². The Morgan fingerprint density at radius 2 is 1.91 bits per heavy atom. The lowest BCUT2D eigenvalue weighted by atomic mass is 9.93. The average molecular weight is 311 g/mol. The van der Waals surface area contributed by atoms with Crippen LogP contribution in [0.15, 0.2) is 36.4 Å². The SMILES string of the molecule is CC(NC(=O)c1ccccc1)c1nnc2cc(C(C)(C)C)[nH]n12. The third kappa shape index (κ3) is 2.97. The van der Waals surface area contributed by atoms with Gasteiger partial charge in [-0.1, -0.05) is 39.0 Å². The van der Waals surface area contributed by atoms with Crippen LogP contribution in [0.3, 0.4) is 0 Å². The van der Waals surface area contributed by atoms with Crippen molar-refractivity contribution in [1.82, 2.24) is 25.1 Å². The second-order valence-electron chi connectivity index (χ2n) is 6.73. The van der Waals surface area contributed by atoms with E-state index in [9.17, 15) is 4.79 Å². The zero-order chi connectivity index (χ0) is 16.6. The summed E-state index contributed by atoms with van der Waals surface area (Å²) in [5, 5.41) is 14.7. The molecule has 1 atom stereocenters. The lowest BCUT2D eigenvalue weighted by Gasteiger charge is -2.16. The Bertz CT molecular complexity index is 826. The van der Waals surface area contributed by atoms with E-state index in [0.29, 0.717) is 11.4 Å². The van der Waals surface area contributed by atoms with Gasteiger partial charge in [0.2, 0.25) is 0 Å². The van der Waals surface area contributed by atoms with Gasteiger partial charge >= 0.3 is 0 Å². The van der Waals surface area contributed by atoms with Crippen molar-refractivity contribution >= 4 is 11.6 Å². The van der Waals surface area contributed by atoms with Crippen molar-refractivity contribution in [1.29, 1.82) is 0 Å². The standard InChI is InChI=1S/C17H21N5O/c1-11(18-16(23)12-8-6-5-7-9-12)15-20-19-14-10-13(17(2,3)4)21-22(14)15/h5-11,21H,1-4H3,(H,18,23). The van der Waals surface area contributed by atoms with Gasteiger partial charge in [-0.2, -0.15) is 0 Å². The van der Waals surface area contributed by atoms with E-state index >= 15 is 0 Å². The van der Waals surface area contributed by atoms with Crippen LogP contribution in [0.4, 0.5) is 0 Å². The van der Waals surface area contributed by atoms with Crippen LogP contribution < -0.4 is 5.32 Å². The fourth-order valence-corrected chi connectivity index (χ4v) is 2.40. The minimum absolute atomic E-state index is 0.00546. The molecule has 0 saturated heterocycles. The first-order valence-electron chi connectivity index (χ1n) is 7.66. The summed E-state index contributed by atoms with van der Waals surface area (Å²) in [5.74, 6) is 0.553. The summed E-state index contributed by atoms with van der Waals surface area (Å²) in [5.41, 5.74) is 2.45. The second kappa shape index (κ2) is 5.53. The molecule has 0 aliphatic heterocycles. The van der Waals surface area contributed by atoms with E-state index in [1.54, 1.807) is 12.1 Å². The molecule has 6 heteroatoms. The van der Waals surface area contributed by atoms with Crippen molar-refractivity contribution in [3.05, 3.63) is 53.5 Å². The van der Waals surface area contributed by atoms with Crippen LogP contribution in [0.1, 0.15) is 55.6 Å². The number of rotatable bonds is 3. The molecule has 3 rings (SSSR count). The van der Waals surface area contributed by atoms with Crippen LogP contribution in [0.2, 0.25) is 0 Å². The zero-order valence-electron chi connectivity index (χ0n) is 13.8. The Morgan fingerprint density at radius 1 is 1.22 bits per heavy atom. The van der Waals surface area contributed by atoms with Gasteiger partial charge in [0.15, 0.2) is 11.5 Å². The van der Waals surface area contributed by atoms with Crippen LogP contribution in [-0.4, -0.2) is 25.7 Å². The molecule has 6 nitrogen and oxygen atoms in total. The summed E-state index contributed by atoms with van der Waals surface area (Å²) >= 11 is 0. The maximum atomic E-state index is 12.3. The lowest BCUT2D eigenvalue weighted by Crippen LogP contribution is -2.28. The molecule has 2 aromatic heterocycles. The predicted molar refractivity (Wildman–Crippen MR) is 88.4 cm³/mol. The predicted octanol–water partition coefficient (Wildman–Crippen LogP) is 2.85. The fraction of sp³-hybridized carbons (Fsp3) is 0.353. The number of benzene rings is 1. The van der Waals surface area contributed by atoms with Gasteiger partial charge in [0.1, 0.15) is 0 Å². The molecule has 0 aliphatic carbocycles. The molecule has 0 fully saturated rings. The molecule has 0 spiro atoms. The van der Waals surface area contributed by atoms with Gasteiger partial charge in [0.05, 0.1) is 6.04 Å². The van der Waals surface area contributed by atoms with Gasteiger partial charge in [-0.25, -0.2) is 4.52 Å². The largest absolute Gasteiger partial charge is 0.342 e. The summed E-state index contributed by atoms with van der Waals surface area (Å²) < 4.78 is 1.83. The first kappa shape index (κ1) is 15.3. The number of fused-ring (bicyclic) bond motifs is 1. The smallest absolute Gasteiger partial charge is 0.251 e. The van der Waals surface area contributed by atoms with E-state index in [1.807, 2.05) is 35.7 Å². The van der Waals surface area contributed by atoms with Gasteiger partial charge < -0.3 is 5.32 Å². The molecular weight excluding hydrogens is 290 g/mol. The van der Waals surface area contributed by atoms with Crippen molar-refractivity contribution in [2.75, 3.05) is 0 Å². The Hall–Kier alpha value is -2.63. The highest BCUT2D eigenvalue weighted by atomic mass is 16.1. The van der Waals surface area contributed by atoms with Crippen molar-refractivity contribution in [2.45, 2.75) is 39.2 Å². The number of carbonyl (C=O) groups is 1. The Balaban J connectivity index is 1.85. The van der Waals surface area contributed by atoms with E-state index in [2.05, 4.69) is 41.4 Å². The molecule has 2 N–H and O–H groups in total. The van der Waals surface area contributed by atoms with Crippen molar-refractivity contribution in [3.63, 3.8) is 0 Å². The van der Waals surface area contributed by atoms with E-state index in [0.717, 1.165) is 11.3 Å². The number of carbonyl (C=O) groups excluding carboxylic acids is 1. The molecule has 2 heterocycles. The molecule has 0 radical (unpaired) electrons. The first-order valence-corrected chi connectivity index (χ1v) is 7.66. The molecule has 1 amide bonds. The van der Waals surface area contributed by atoms with Crippen molar-refractivity contribution in [3.8, 4) is 0 Å². The van der Waals surface area contributed by atoms with Gasteiger partial charge in [-0.3, -0.25) is 9.89 Å². The summed E-state index contributed by atoms with van der Waals surface area (Å²) in [7, 11) is 0. The number of H-pyrrole nitrogens is 1. The van der Waals surface area contributed by atoms with Gasteiger partial charge in [0, 0.05) is 22.7 Å². The highest BCUT2D eigenvalue weighted by Gasteiger charge is 2.22. The number of amides is 1. The van der Waals surface area contributed by atoms with Gasteiger partial charge in [-0.15, -0.1) is 10.2 Å². The minimum Gasteiger partial charge on any atom is -0.342 e. The highest BCUT2D eigenvalue weighted by Crippen LogP contribution is 2.23. The Morgan fingerprint density at radius 3 is 2.57 bits per heavy atom. The molecule has 23 heavy (non-hydrogen) atoms. The highest BCUT2D eigenvalue weighted by molar-refractivity contribution is 5.94. The third-order valence-corrected chi connectivity index (χ3v) is 3.80. The average Bonchev–Trinajstić information content (AvgIpc) is 3.07. The zero-order valence-corrected chi connectivity index (χ0v) is 13.8. The number of hydrogen-bond acceptors (Lipinski definition) is 3. The van der Waals surface area contributed by atoms with Gasteiger partial charge in [-0.05, 0) is 19.1 Å². The molecule has 0 bridgehead atoms. The van der Waals surface area contributed by atoms with E-state index in [1.165, 1.54) is 0 Å². The van der Waals surface area contributed by atoms with E-state index in [-0.39, 0.29) is 17.4 Å². The number of aromatic nitrogens is 4. The summed E-state index contributed by atoms with van der Waals surface area (Å²) in [6.45, 7) is 8.29. The number of nitrogens with zero attached hydrogens (tertiary/aromatic N) is 3. The number of hydrogen-bond donors (Lipinski definition) is 2. The van der Waals surface area contributed by atoms with E-state index in [4.69, 9.17) is 0 Å². The summed E-state index contributed by atoms with van der Waals surface area (Å²) in [6.07, 6.45) is 0. The van der Waals surface area contributed by atoms with Crippen molar-refractivity contribution in [2.24, 2.45) is 0 Å². The fourth-order valence-electron chi connectivity index (χ4n) is 2.40. The van der Waals surface area contributed by atoms with Crippen LogP contribution in [0.5, 0.6) is 0 Å². The molecule has 0 saturated carbocycles. The summed E-state index contributed by atoms with van der Waals surface area (Å²) in [4.78, 5) is 12.3. The summed E-state index contributed by atoms with van der Waals surface area (Å²) in [6, 6.07) is 10.9. The molecule has 1 aromatic carbocycles. The minimum atomic E-state index is -0.260. The molecule has 0 aliphatic rings. The normalized spacial score (nSPS) is 13.2. The van der Waals surface area contributed by atoms with E-state index < -0.39 is 0 Å². The topological polar surface area (TPSA) is 75.1 Å². The first-order chi connectivity index (χ1) is 10.9. The lowest BCUT2D eigenvalue weighted by molar-refractivity contribution is 0.0938. The monoisotopic (exact) mass is 311 g/mol. The maximum Gasteiger partial charge on any atom is 0.251 e. The van der Waals surface area contributed by atoms with Gasteiger partial charge in [0.25, 0.3) is 5.91 Å². The Labute approximate surface area is 134 Å². The maximum absolute atomic E-state index is 12.3. The molecule has 3 aromatic rings. The third-order valence-electron chi connectivity index (χ3n) is 3.80. The number of nitrogens with one attached hydrogen (secondary N) is 2. The molecule has 120 valence electrons. The van der Waals surface area contributed by atoms with Crippen LogP contribution in [0, 0.1) is 0 Å². The Kier molecular flexibility index (Phi) is 3.67.